The maximum atomic E-state index is 12.7. The van der Waals surface area contributed by atoms with E-state index >= 15 is 0 Å². The van der Waals surface area contributed by atoms with Crippen molar-refractivity contribution in [1.29, 1.82) is 0 Å². The third kappa shape index (κ3) is 4.01. The van der Waals surface area contributed by atoms with Crippen molar-refractivity contribution >= 4 is 29.2 Å². The Hall–Kier alpha value is -1.75. The highest BCUT2D eigenvalue weighted by atomic mass is 35.5. The second-order valence-corrected chi connectivity index (χ2v) is 6.93. The zero-order valence-electron chi connectivity index (χ0n) is 13.8. The summed E-state index contributed by atoms with van der Waals surface area (Å²) in [5.74, 6) is 0.248. The largest absolute Gasteiger partial charge is 0.343 e. The third-order valence-electron chi connectivity index (χ3n) is 4.91. The highest BCUT2D eigenvalue weighted by Crippen LogP contribution is 2.25. The van der Waals surface area contributed by atoms with Gasteiger partial charge in [-0.1, -0.05) is 23.7 Å². The molecular formula is C18H24ClN3O2. The standard InChI is InChI=1S/C18H24ClN3O2/c19-15-7-1-2-8-16(15)20-18(24)22-12-4-3-6-14(22)10-13-21-11-5-9-17(21)23/h1-2,7-8,14H,3-6,9-13H2,(H,20,24). The fraction of sp³-hybridized carbons (Fsp3) is 0.556. The van der Waals surface area contributed by atoms with Crippen molar-refractivity contribution in [2.45, 2.75) is 44.6 Å². The van der Waals surface area contributed by atoms with Crippen LogP contribution < -0.4 is 5.32 Å². The minimum absolute atomic E-state index is 0.0967. The first-order valence-corrected chi connectivity index (χ1v) is 9.13. The highest BCUT2D eigenvalue weighted by molar-refractivity contribution is 6.33. The second-order valence-electron chi connectivity index (χ2n) is 6.53. The van der Waals surface area contributed by atoms with Crippen molar-refractivity contribution in [3.8, 4) is 0 Å². The van der Waals surface area contributed by atoms with Gasteiger partial charge in [0.2, 0.25) is 5.91 Å². The quantitative estimate of drug-likeness (QED) is 0.900. The van der Waals surface area contributed by atoms with Gasteiger partial charge in [0.1, 0.15) is 0 Å². The number of hydrogen-bond donors (Lipinski definition) is 1. The Morgan fingerprint density at radius 1 is 1.21 bits per heavy atom. The summed E-state index contributed by atoms with van der Waals surface area (Å²) in [6.45, 7) is 2.37. The number of nitrogens with one attached hydrogen (secondary N) is 1. The number of urea groups is 1. The van der Waals surface area contributed by atoms with Crippen LogP contribution in [0.2, 0.25) is 5.02 Å². The van der Waals surface area contributed by atoms with Crippen LogP contribution in [0.1, 0.15) is 38.5 Å². The average molecular weight is 350 g/mol. The molecule has 5 nitrogen and oxygen atoms in total. The van der Waals surface area contributed by atoms with Crippen LogP contribution in [0.25, 0.3) is 0 Å². The molecule has 1 aromatic carbocycles. The van der Waals surface area contributed by atoms with Gasteiger partial charge in [0.05, 0.1) is 10.7 Å². The van der Waals surface area contributed by atoms with Crippen LogP contribution in [-0.4, -0.2) is 47.4 Å². The summed E-state index contributed by atoms with van der Waals surface area (Å²) < 4.78 is 0. The first-order valence-electron chi connectivity index (χ1n) is 8.75. The summed E-state index contributed by atoms with van der Waals surface area (Å²) in [5, 5.41) is 3.46. The number of piperidine rings is 1. The molecule has 0 aromatic heterocycles. The van der Waals surface area contributed by atoms with Crippen molar-refractivity contribution in [3.05, 3.63) is 29.3 Å². The summed E-state index contributed by atoms with van der Waals surface area (Å²) in [6, 6.07) is 7.37. The van der Waals surface area contributed by atoms with Crippen LogP contribution in [0.5, 0.6) is 0 Å². The Morgan fingerprint density at radius 3 is 2.79 bits per heavy atom. The molecule has 6 heteroatoms. The van der Waals surface area contributed by atoms with E-state index in [9.17, 15) is 9.59 Å². The van der Waals surface area contributed by atoms with Gasteiger partial charge < -0.3 is 15.1 Å². The van der Waals surface area contributed by atoms with Gasteiger partial charge in [-0.2, -0.15) is 0 Å². The average Bonchev–Trinajstić information content (AvgIpc) is 3.00. The van der Waals surface area contributed by atoms with Gasteiger partial charge in [-0.05, 0) is 44.2 Å². The predicted octanol–water partition coefficient (Wildman–Crippen LogP) is 3.74. The molecular weight excluding hydrogens is 326 g/mol. The number of anilines is 1. The van der Waals surface area contributed by atoms with Crippen LogP contribution in [0.15, 0.2) is 24.3 Å². The summed E-state index contributed by atoms with van der Waals surface area (Å²) in [4.78, 5) is 28.3. The van der Waals surface area contributed by atoms with Crippen molar-refractivity contribution in [3.63, 3.8) is 0 Å². The lowest BCUT2D eigenvalue weighted by Gasteiger charge is -2.36. The number of carbonyl (C=O) groups is 2. The highest BCUT2D eigenvalue weighted by Gasteiger charge is 2.28. The molecule has 2 saturated heterocycles. The molecule has 0 radical (unpaired) electrons. The van der Waals surface area contributed by atoms with Crippen molar-refractivity contribution in [1.82, 2.24) is 9.80 Å². The summed E-state index contributed by atoms with van der Waals surface area (Å²) in [6.07, 6.45) is 5.63. The lowest BCUT2D eigenvalue weighted by molar-refractivity contribution is -0.127. The van der Waals surface area contributed by atoms with Gasteiger partial charge in [0.15, 0.2) is 0 Å². The van der Waals surface area contributed by atoms with E-state index in [0.29, 0.717) is 17.1 Å². The van der Waals surface area contributed by atoms with E-state index in [1.165, 1.54) is 0 Å². The summed E-state index contributed by atoms with van der Waals surface area (Å²) in [5.41, 5.74) is 0.642. The van der Waals surface area contributed by atoms with Crippen LogP contribution in [0, 0.1) is 0 Å². The molecule has 2 aliphatic heterocycles. The fourth-order valence-corrected chi connectivity index (χ4v) is 3.75. The van der Waals surface area contributed by atoms with Gasteiger partial charge >= 0.3 is 6.03 Å². The Bertz CT molecular complexity index is 608. The van der Waals surface area contributed by atoms with E-state index in [1.807, 2.05) is 28.0 Å². The summed E-state index contributed by atoms with van der Waals surface area (Å²) >= 11 is 6.13. The predicted molar refractivity (Wildman–Crippen MR) is 95.2 cm³/mol. The van der Waals surface area contributed by atoms with Crippen LogP contribution in [-0.2, 0) is 4.79 Å². The number of likely N-dealkylation sites (tertiary alicyclic amines) is 2. The Morgan fingerprint density at radius 2 is 2.04 bits per heavy atom. The molecule has 0 bridgehead atoms. The smallest absolute Gasteiger partial charge is 0.322 e. The molecule has 1 atom stereocenters. The molecule has 1 N–H and O–H groups in total. The maximum absolute atomic E-state index is 12.7. The number of nitrogens with zero attached hydrogens (tertiary/aromatic N) is 2. The molecule has 2 fully saturated rings. The number of rotatable bonds is 4. The zero-order valence-corrected chi connectivity index (χ0v) is 14.6. The van der Waals surface area contributed by atoms with Crippen molar-refractivity contribution in [2.75, 3.05) is 25.0 Å². The Kier molecular flexibility index (Phi) is 5.61. The lowest BCUT2D eigenvalue weighted by Crippen LogP contribution is -2.47. The van der Waals surface area contributed by atoms with E-state index < -0.39 is 0 Å². The minimum atomic E-state index is -0.0967. The van der Waals surface area contributed by atoms with Gasteiger partial charge in [-0.15, -0.1) is 0 Å². The number of carbonyl (C=O) groups excluding carboxylic acids is 2. The molecule has 3 amide bonds. The molecule has 1 aromatic rings. The molecule has 0 saturated carbocycles. The summed E-state index contributed by atoms with van der Waals surface area (Å²) in [7, 11) is 0. The van der Waals surface area contributed by atoms with Gasteiger partial charge in [0, 0.05) is 32.1 Å². The van der Waals surface area contributed by atoms with E-state index in [2.05, 4.69) is 5.32 Å². The van der Waals surface area contributed by atoms with E-state index in [4.69, 9.17) is 11.6 Å². The van der Waals surface area contributed by atoms with Gasteiger partial charge in [-0.25, -0.2) is 4.79 Å². The van der Waals surface area contributed by atoms with Crippen LogP contribution in [0.3, 0.4) is 0 Å². The molecule has 2 heterocycles. The van der Waals surface area contributed by atoms with E-state index in [1.54, 1.807) is 6.07 Å². The SMILES string of the molecule is O=C1CCCN1CCC1CCCCN1C(=O)Nc1ccccc1Cl. The fourth-order valence-electron chi connectivity index (χ4n) is 3.56. The van der Waals surface area contributed by atoms with E-state index in [0.717, 1.165) is 51.7 Å². The molecule has 0 spiro atoms. The van der Waals surface area contributed by atoms with Crippen LogP contribution >= 0.6 is 11.6 Å². The number of halogens is 1. The lowest BCUT2D eigenvalue weighted by atomic mass is 9.99. The Balaban J connectivity index is 1.60. The number of benzene rings is 1. The van der Waals surface area contributed by atoms with Crippen molar-refractivity contribution < 1.29 is 9.59 Å². The Labute approximate surface area is 147 Å². The number of hydrogen-bond acceptors (Lipinski definition) is 2. The first kappa shape index (κ1) is 17.1. The molecule has 3 rings (SSSR count). The topological polar surface area (TPSA) is 52.7 Å². The molecule has 24 heavy (non-hydrogen) atoms. The van der Waals surface area contributed by atoms with Gasteiger partial charge in [-0.3, -0.25) is 4.79 Å². The van der Waals surface area contributed by atoms with Crippen molar-refractivity contribution in [2.24, 2.45) is 0 Å². The number of para-hydroxylation sites is 1. The first-order chi connectivity index (χ1) is 11.6. The normalized spacial score (nSPS) is 21.2. The molecule has 1 unspecified atom stereocenters. The molecule has 0 aliphatic carbocycles. The van der Waals surface area contributed by atoms with Gasteiger partial charge in [0.25, 0.3) is 0 Å². The third-order valence-corrected chi connectivity index (χ3v) is 5.24. The molecule has 2 aliphatic rings. The zero-order chi connectivity index (χ0) is 16.9. The number of amides is 3. The monoisotopic (exact) mass is 349 g/mol. The van der Waals surface area contributed by atoms with Crippen LogP contribution in [0.4, 0.5) is 10.5 Å². The maximum Gasteiger partial charge on any atom is 0.322 e. The molecule has 130 valence electrons. The second kappa shape index (κ2) is 7.88. The van der Waals surface area contributed by atoms with E-state index in [-0.39, 0.29) is 18.0 Å². The minimum Gasteiger partial charge on any atom is -0.343 e.